The maximum absolute atomic E-state index is 11.4. The van der Waals surface area contributed by atoms with E-state index in [9.17, 15) is 8.42 Å². The minimum atomic E-state index is -2.79. The van der Waals surface area contributed by atoms with Gasteiger partial charge in [-0.05, 0) is 24.7 Å². The van der Waals surface area contributed by atoms with E-state index < -0.39 is 9.84 Å². The van der Waals surface area contributed by atoms with Crippen LogP contribution in [0, 0.1) is 11.8 Å². The molecule has 0 radical (unpaired) electrons. The quantitative estimate of drug-likeness (QED) is 0.371. The second-order valence-corrected chi connectivity index (χ2v) is 9.50. The van der Waals surface area contributed by atoms with Crippen LogP contribution in [0.25, 0.3) is 0 Å². The van der Waals surface area contributed by atoms with Crippen LogP contribution in [0.4, 0.5) is 0 Å². The third kappa shape index (κ3) is 7.03. The predicted molar refractivity (Wildman–Crippen MR) is 111 cm³/mol. The van der Waals surface area contributed by atoms with Gasteiger partial charge in [-0.15, -0.1) is 24.0 Å². The molecule has 0 aromatic heterocycles. The highest BCUT2D eigenvalue weighted by Gasteiger charge is 2.25. The SMILES string of the molecule is CN=C(NCCN1CCS(=O)(=O)CC1)N1CCC(CC(C)C)C1.I. The summed E-state index contributed by atoms with van der Waals surface area (Å²) in [5.74, 6) is 3.11. The molecule has 1 unspecified atom stereocenters. The minimum Gasteiger partial charge on any atom is -0.355 e. The zero-order chi connectivity index (χ0) is 16.9. The zero-order valence-corrected chi connectivity index (χ0v) is 18.3. The molecule has 0 aliphatic carbocycles. The summed E-state index contributed by atoms with van der Waals surface area (Å²) in [5.41, 5.74) is 0. The molecule has 0 saturated carbocycles. The molecule has 2 fully saturated rings. The third-order valence-electron chi connectivity index (χ3n) is 4.75. The van der Waals surface area contributed by atoms with Crippen LogP contribution in [-0.2, 0) is 9.84 Å². The molecule has 0 amide bonds. The van der Waals surface area contributed by atoms with Gasteiger partial charge in [-0.1, -0.05) is 13.8 Å². The number of aliphatic imine (C=N–C) groups is 1. The first-order valence-electron chi connectivity index (χ1n) is 8.78. The van der Waals surface area contributed by atoms with Crippen molar-refractivity contribution in [2.24, 2.45) is 16.8 Å². The number of nitrogens with one attached hydrogen (secondary N) is 1. The molecule has 8 heteroatoms. The predicted octanol–water partition coefficient (Wildman–Crippen LogP) is 1.28. The molecule has 1 atom stereocenters. The summed E-state index contributed by atoms with van der Waals surface area (Å²) in [6.45, 7) is 9.75. The van der Waals surface area contributed by atoms with Crippen LogP contribution in [-0.4, -0.2) is 82.0 Å². The monoisotopic (exact) mass is 472 g/mol. The lowest BCUT2D eigenvalue weighted by Crippen LogP contribution is -2.46. The number of hydrogen-bond acceptors (Lipinski definition) is 4. The van der Waals surface area contributed by atoms with Gasteiger partial charge < -0.3 is 10.2 Å². The number of likely N-dealkylation sites (tertiary alicyclic amines) is 1. The molecule has 0 aromatic rings. The molecule has 2 aliphatic rings. The molecular formula is C16H33IN4O2S. The van der Waals surface area contributed by atoms with Gasteiger partial charge in [0.05, 0.1) is 11.5 Å². The van der Waals surface area contributed by atoms with E-state index in [1.807, 2.05) is 7.05 Å². The Morgan fingerprint density at radius 1 is 1.25 bits per heavy atom. The molecule has 24 heavy (non-hydrogen) atoms. The van der Waals surface area contributed by atoms with Crippen molar-refractivity contribution in [1.29, 1.82) is 0 Å². The summed E-state index contributed by atoms with van der Waals surface area (Å²) in [6, 6.07) is 0. The summed E-state index contributed by atoms with van der Waals surface area (Å²) in [5, 5.41) is 3.44. The average Bonchev–Trinajstić information content (AvgIpc) is 2.92. The molecule has 6 nitrogen and oxygen atoms in total. The molecule has 0 spiro atoms. The zero-order valence-electron chi connectivity index (χ0n) is 15.2. The first-order chi connectivity index (χ1) is 10.9. The molecule has 142 valence electrons. The van der Waals surface area contributed by atoms with Crippen LogP contribution >= 0.6 is 24.0 Å². The number of hydrogen-bond donors (Lipinski definition) is 1. The Morgan fingerprint density at radius 3 is 2.50 bits per heavy atom. The lowest BCUT2D eigenvalue weighted by molar-refractivity contribution is 0.298. The molecule has 2 rings (SSSR count). The van der Waals surface area contributed by atoms with E-state index >= 15 is 0 Å². The normalized spacial score (nSPS) is 24.9. The molecule has 0 aromatic carbocycles. The molecule has 2 heterocycles. The van der Waals surface area contributed by atoms with Gasteiger partial charge in [0.1, 0.15) is 0 Å². The van der Waals surface area contributed by atoms with Gasteiger partial charge >= 0.3 is 0 Å². The standard InChI is InChI=1S/C16H32N4O2S.HI/c1-14(2)12-15-4-6-20(13-15)16(17-3)18-5-7-19-8-10-23(21,22)11-9-19;/h14-15H,4-13H2,1-3H3,(H,17,18);1H. The maximum atomic E-state index is 11.4. The van der Waals surface area contributed by atoms with Crippen LogP contribution in [0.5, 0.6) is 0 Å². The summed E-state index contributed by atoms with van der Waals surface area (Å²) in [7, 11) is -0.946. The first kappa shape index (κ1) is 22.0. The summed E-state index contributed by atoms with van der Waals surface area (Å²) in [6.07, 6.45) is 2.54. The molecule has 2 aliphatic heterocycles. The molecule has 2 saturated heterocycles. The van der Waals surface area contributed by atoms with Crippen LogP contribution < -0.4 is 5.32 Å². The van der Waals surface area contributed by atoms with E-state index in [1.54, 1.807) is 0 Å². The van der Waals surface area contributed by atoms with Crippen molar-refractivity contribution in [3.8, 4) is 0 Å². The molecular weight excluding hydrogens is 439 g/mol. The number of guanidine groups is 1. The van der Waals surface area contributed by atoms with Gasteiger partial charge in [-0.25, -0.2) is 8.42 Å². The van der Waals surface area contributed by atoms with Crippen LogP contribution in [0.2, 0.25) is 0 Å². The lowest BCUT2D eigenvalue weighted by Gasteiger charge is -2.28. The number of rotatable bonds is 5. The lowest BCUT2D eigenvalue weighted by atomic mass is 9.97. The van der Waals surface area contributed by atoms with Crippen LogP contribution in [0.1, 0.15) is 26.7 Å². The smallest absolute Gasteiger partial charge is 0.193 e. The van der Waals surface area contributed by atoms with E-state index in [1.165, 1.54) is 12.8 Å². The van der Waals surface area contributed by atoms with Crippen LogP contribution in [0.15, 0.2) is 4.99 Å². The van der Waals surface area contributed by atoms with Crippen molar-refractivity contribution in [2.75, 3.05) is 57.8 Å². The van der Waals surface area contributed by atoms with E-state index in [0.717, 1.165) is 44.0 Å². The summed E-state index contributed by atoms with van der Waals surface area (Å²) >= 11 is 0. The highest BCUT2D eigenvalue weighted by Crippen LogP contribution is 2.23. The number of halogens is 1. The fourth-order valence-electron chi connectivity index (χ4n) is 3.52. The van der Waals surface area contributed by atoms with Gasteiger partial charge in [-0.3, -0.25) is 9.89 Å². The Labute approximate surface area is 164 Å². The topological polar surface area (TPSA) is 65.0 Å². The van der Waals surface area contributed by atoms with Gasteiger partial charge in [0.25, 0.3) is 0 Å². The first-order valence-corrected chi connectivity index (χ1v) is 10.6. The fourth-order valence-corrected chi connectivity index (χ4v) is 4.79. The van der Waals surface area contributed by atoms with Crippen molar-refractivity contribution >= 4 is 39.8 Å². The summed E-state index contributed by atoms with van der Waals surface area (Å²) < 4.78 is 22.9. The number of sulfone groups is 1. The average molecular weight is 472 g/mol. The van der Waals surface area contributed by atoms with E-state index in [-0.39, 0.29) is 24.0 Å². The Bertz CT molecular complexity index is 496. The Balaban J connectivity index is 0.00000288. The highest BCUT2D eigenvalue weighted by molar-refractivity contribution is 14.0. The van der Waals surface area contributed by atoms with Crippen molar-refractivity contribution in [3.05, 3.63) is 0 Å². The van der Waals surface area contributed by atoms with Crippen molar-refractivity contribution in [3.63, 3.8) is 0 Å². The third-order valence-corrected chi connectivity index (χ3v) is 6.36. The van der Waals surface area contributed by atoms with Gasteiger partial charge in [-0.2, -0.15) is 0 Å². The number of nitrogens with zero attached hydrogens (tertiary/aromatic N) is 3. The highest BCUT2D eigenvalue weighted by atomic mass is 127. The van der Waals surface area contributed by atoms with E-state index in [4.69, 9.17) is 0 Å². The van der Waals surface area contributed by atoms with Gasteiger partial charge in [0.2, 0.25) is 0 Å². The van der Waals surface area contributed by atoms with E-state index in [0.29, 0.717) is 24.6 Å². The molecule has 0 bridgehead atoms. The fraction of sp³-hybridized carbons (Fsp3) is 0.938. The van der Waals surface area contributed by atoms with Crippen molar-refractivity contribution in [2.45, 2.75) is 26.7 Å². The van der Waals surface area contributed by atoms with E-state index in [2.05, 4.69) is 34.0 Å². The molecule has 1 N–H and O–H groups in total. The van der Waals surface area contributed by atoms with Gasteiger partial charge in [0.15, 0.2) is 15.8 Å². The Kier molecular flexibility index (Phi) is 9.29. The second-order valence-electron chi connectivity index (χ2n) is 7.20. The van der Waals surface area contributed by atoms with Gasteiger partial charge in [0, 0.05) is 46.3 Å². The second kappa shape index (κ2) is 10.2. The van der Waals surface area contributed by atoms with Crippen molar-refractivity contribution in [1.82, 2.24) is 15.1 Å². The minimum absolute atomic E-state index is 0. The largest absolute Gasteiger partial charge is 0.355 e. The summed E-state index contributed by atoms with van der Waals surface area (Å²) in [4.78, 5) is 8.98. The Morgan fingerprint density at radius 2 is 1.92 bits per heavy atom. The van der Waals surface area contributed by atoms with Crippen LogP contribution in [0.3, 0.4) is 0 Å². The van der Waals surface area contributed by atoms with Crippen molar-refractivity contribution < 1.29 is 8.42 Å². The Hall–Kier alpha value is -0.0900. The maximum Gasteiger partial charge on any atom is 0.193 e.